The van der Waals surface area contributed by atoms with Crippen LogP contribution in [0.15, 0.2) is 24.3 Å². The van der Waals surface area contributed by atoms with Gasteiger partial charge in [-0.3, -0.25) is 0 Å². The van der Waals surface area contributed by atoms with Gasteiger partial charge in [0.1, 0.15) is 0 Å². The van der Waals surface area contributed by atoms with Crippen molar-refractivity contribution in [2.24, 2.45) is 0 Å². The van der Waals surface area contributed by atoms with Crippen molar-refractivity contribution in [3.8, 4) is 0 Å². The van der Waals surface area contributed by atoms with Crippen LogP contribution < -0.4 is 0 Å². The molecule has 0 amide bonds. The summed E-state index contributed by atoms with van der Waals surface area (Å²) in [4.78, 5) is 10.9. The lowest BCUT2D eigenvalue weighted by Gasteiger charge is -2.15. The van der Waals surface area contributed by atoms with Crippen LogP contribution in [0.2, 0.25) is 0 Å². The van der Waals surface area contributed by atoms with Gasteiger partial charge in [0.25, 0.3) is 0 Å². The molecule has 0 radical (unpaired) electrons. The largest absolute Gasteiger partial charge is 0.478 e. The smallest absolute Gasteiger partial charge is 0.416 e. The average molecular weight is 286 g/mol. The van der Waals surface area contributed by atoms with E-state index in [4.69, 9.17) is 5.11 Å². The number of carbonyl (C=O) groups is 1. The zero-order valence-electron chi connectivity index (χ0n) is 11.4. The Balaban J connectivity index is 3.18. The molecule has 1 N–H and O–H groups in total. The van der Waals surface area contributed by atoms with Crippen molar-refractivity contribution in [2.75, 3.05) is 0 Å². The number of halogens is 3. The summed E-state index contributed by atoms with van der Waals surface area (Å²) in [5.41, 5.74) is -0.670. The molecule has 0 aliphatic carbocycles. The molecule has 0 fully saturated rings. The van der Waals surface area contributed by atoms with E-state index in [1.54, 1.807) is 0 Å². The zero-order valence-corrected chi connectivity index (χ0v) is 11.4. The van der Waals surface area contributed by atoms with Gasteiger partial charge in [-0.2, -0.15) is 13.2 Å². The van der Waals surface area contributed by atoms with Crippen LogP contribution in [0.5, 0.6) is 0 Å². The van der Waals surface area contributed by atoms with E-state index in [-0.39, 0.29) is 17.5 Å². The molecule has 0 heterocycles. The normalized spacial score (nSPS) is 12.1. The van der Waals surface area contributed by atoms with Gasteiger partial charge in [-0.1, -0.05) is 25.1 Å². The Morgan fingerprint density at radius 1 is 1.30 bits per heavy atom. The van der Waals surface area contributed by atoms with E-state index in [1.165, 1.54) is 13.0 Å². The molecule has 5 heteroatoms. The van der Waals surface area contributed by atoms with Gasteiger partial charge in [0.2, 0.25) is 0 Å². The first kappa shape index (κ1) is 16.3. The Morgan fingerprint density at radius 2 is 1.95 bits per heavy atom. The minimum absolute atomic E-state index is 0.140. The van der Waals surface area contributed by atoms with E-state index in [1.807, 2.05) is 19.1 Å². The Kier molecular flexibility index (Phi) is 5.36. The molecule has 0 bridgehead atoms. The Morgan fingerprint density at radius 3 is 2.45 bits per heavy atom. The monoisotopic (exact) mass is 286 g/mol. The van der Waals surface area contributed by atoms with Crippen LogP contribution in [-0.2, 0) is 12.6 Å². The summed E-state index contributed by atoms with van der Waals surface area (Å²) < 4.78 is 39.0. The number of aromatic carboxylic acids is 1. The molecule has 1 aromatic rings. The lowest BCUT2D eigenvalue weighted by Crippen LogP contribution is -2.13. The molecule has 1 rings (SSSR count). The summed E-state index contributed by atoms with van der Waals surface area (Å²) in [5.74, 6) is -1.34. The second-order valence-corrected chi connectivity index (χ2v) is 4.55. The highest BCUT2D eigenvalue weighted by molar-refractivity contribution is 5.89. The Labute approximate surface area is 115 Å². The molecule has 0 unspecified atom stereocenters. The molecule has 0 aliphatic heterocycles. The van der Waals surface area contributed by atoms with Gasteiger partial charge in [0.05, 0.1) is 11.1 Å². The van der Waals surface area contributed by atoms with Crippen LogP contribution >= 0.6 is 0 Å². The van der Waals surface area contributed by atoms with Crippen LogP contribution in [-0.4, -0.2) is 11.1 Å². The lowest BCUT2D eigenvalue weighted by molar-refractivity contribution is -0.138. The van der Waals surface area contributed by atoms with Crippen molar-refractivity contribution in [1.82, 2.24) is 0 Å². The van der Waals surface area contributed by atoms with E-state index in [0.717, 1.165) is 12.5 Å². The lowest BCUT2D eigenvalue weighted by atomic mass is 9.95. The predicted molar refractivity (Wildman–Crippen MR) is 70.9 cm³/mol. The summed E-state index contributed by atoms with van der Waals surface area (Å²) in [7, 11) is 0. The van der Waals surface area contributed by atoms with Crippen molar-refractivity contribution < 1.29 is 23.1 Å². The quantitative estimate of drug-likeness (QED) is 0.802. The highest BCUT2D eigenvalue weighted by atomic mass is 19.4. The summed E-state index contributed by atoms with van der Waals surface area (Å²) in [6.45, 7) is 3.46. The molecule has 0 aromatic heterocycles. The maximum absolute atomic E-state index is 13.0. The van der Waals surface area contributed by atoms with Crippen molar-refractivity contribution in [3.05, 3.63) is 46.5 Å². The molecular formula is C15H17F3O2. The third-order valence-electron chi connectivity index (χ3n) is 2.97. The molecule has 0 aliphatic rings. The maximum atomic E-state index is 13.0. The predicted octanol–water partition coefficient (Wildman–Crippen LogP) is 4.61. The van der Waals surface area contributed by atoms with Crippen molar-refractivity contribution in [2.45, 2.75) is 39.3 Å². The van der Waals surface area contributed by atoms with Crippen LogP contribution in [0.3, 0.4) is 0 Å². The van der Waals surface area contributed by atoms with Gasteiger partial charge in [-0.25, -0.2) is 4.79 Å². The number of rotatable bonds is 5. The average Bonchev–Trinajstić information content (AvgIpc) is 2.32. The van der Waals surface area contributed by atoms with Gasteiger partial charge >= 0.3 is 12.1 Å². The topological polar surface area (TPSA) is 37.3 Å². The molecule has 0 saturated carbocycles. The van der Waals surface area contributed by atoms with Gasteiger partial charge in [0, 0.05) is 0 Å². The summed E-state index contributed by atoms with van der Waals surface area (Å²) in [6, 6.07) is 2.06. The van der Waals surface area contributed by atoms with Gasteiger partial charge < -0.3 is 5.11 Å². The van der Waals surface area contributed by atoms with Crippen LogP contribution in [0, 0.1) is 6.92 Å². The first-order valence-corrected chi connectivity index (χ1v) is 6.36. The number of hydrogen-bond donors (Lipinski definition) is 1. The standard InChI is InChI=1S/C15H17F3O2/c1-3-4-5-6-7-11-8-10(2)12(14(19)20)9-13(11)15(16,17)18/h4-5,8-9H,3,6-7H2,1-2H3,(H,19,20). The number of carboxylic acids is 1. The van der Waals surface area contributed by atoms with Crippen LogP contribution in [0.25, 0.3) is 0 Å². The molecular weight excluding hydrogens is 269 g/mol. The number of aryl methyl sites for hydroxylation is 2. The molecule has 110 valence electrons. The van der Waals surface area contributed by atoms with Crippen molar-refractivity contribution in [1.29, 1.82) is 0 Å². The van der Waals surface area contributed by atoms with E-state index in [0.29, 0.717) is 12.0 Å². The number of alkyl halides is 3. The van der Waals surface area contributed by atoms with Gasteiger partial charge in [-0.15, -0.1) is 0 Å². The van der Waals surface area contributed by atoms with Crippen molar-refractivity contribution in [3.63, 3.8) is 0 Å². The second kappa shape index (κ2) is 6.59. The second-order valence-electron chi connectivity index (χ2n) is 4.55. The minimum atomic E-state index is -4.54. The minimum Gasteiger partial charge on any atom is -0.478 e. The summed E-state index contributed by atoms with van der Waals surface area (Å²) in [6.07, 6.45) is 0.770. The summed E-state index contributed by atoms with van der Waals surface area (Å²) in [5, 5.41) is 8.91. The molecule has 0 saturated heterocycles. The zero-order chi connectivity index (χ0) is 15.3. The molecule has 2 nitrogen and oxygen atoms in total. The maximum Gasteiger partial charge on any atom is 0.416 e. The van der Waals surface area contributed by atoms with Crippen molar-refractivity contribution >= 4 is 5.97 Å². The number of benzene rings is 1. The fourth-order valence-electron chi connectivity index (χ4n) is 1.99. The third kappa shape index (κ3) is 4.11. The SMILES string of the molecule is CCC=CCCc1cc(C)c(C(=O)O)cc1C(F)(F)F. The van der Waals surface area contributed by atoms with E-state index in [2.05, 4.69) is 0 Å². The van der Waals surface area contributed by atoms with Gasteiger partial charge in [0.15, 0.2) is 0 Å². The highest BCUT2D eigenvalue weighted by Crippen LogP contribution is 2.34. The Hall–Kier alpha value is -1.78. The summed E-state index contributed by atoms with van der Waals surface area (Å²) >= 11 is 0. The first-order chi connectivity index (χ1) is 9.27. The first-order valence-electron chi connectivity index (χ1n) is 6.36. The fourth-order valence-corrected chi connectivity index (χ4v) is 1.99. The third-order valence-corrected chi connectivity index (χ3v) is 2.97. The number of hydrogen-bond acceptors (Lipinski definition) is 1. The fraction of sp³-hybridized carbons (Fsp3) is 0.400. The Bertz CT molecular complexity index is 517. The highest BCUT2D eigenvalue weighted by Gasteiger charge is 2.34. The van der Waals surface area contributed by atoms with E-state index in [9.17, 15) is 18.0 Å². The molecule has 1 aromatic carbocycles. The number of carboxylic acid groups (broad SMARTS) is 1. The molecule has 20 heavy (non-hydrogen) atoms. The van der Waals surface area contributed by atoms with E-state index < -0.39 is 17.7 Å². The number of allylic oxidation sites excluding steroid dienone is 2. The van der Waals surface area contributed by atoms with E-state index >= 15 is 0 Å². The van der Waals surface area contributed by atoms with Gasteiger partial charge in [-0.05, 0) is 43.4 Å². The van der Waals surface area contributed by atoms with Crippen LogP contribution in [0.4, 0.5) is 13.2 Å². The van der Waals surface area contributed by atoms with Crippen LogP contribution in [0.1, 0.15) is 46.8 Å². The molecule has 0 spiro atoms. The molecule has 0 atom stereocenters.